The summed E-state index contributed by atoms with van der Waals surface area (Å²) in [6, 6.07) is 8.48. The molecule has 32 heavy (non-hydrogen) atoms. The van der Waals surface area contributed by atoms with Gasteiger partial charge in [-0.2, -0.15) is 5.10 Å². The minimum Gasteiger partial charge on any atom is -0.323 e. The lowest BCUT2D eigenvalue weighted by molar-refractivity contribution is -0.123. The fourth-order valence-electron chi connectivity index (χ4n) is 3.62. The molecule has 1 unspecified atom stereocenters. The number of likely N-dealkylation sites (tertiary alicyclic amines) is 1. The SMILES string of the molecule is O=C(CN1CCCC(C(=O)Nc2ccc(Cl)cn2)C1)Nc1cc(Cl)ccc1-n1cncn1. The molecule has 11 heteroatoms. The molecule has 1 aliphatic heterocycles. The predicted molar refractivity (Wildman–Crippen MR) is 122 cm³/mol. The van der Waals surface area contributed by atoms with Gasteiger partial charge in [0.25, 0.3) is 0 Å². The first-order valence-electron chi connectivity index (χ1n) is 10.1. The van der Waals surface area contributed by atoms with Gasteiger partial charge in [0.15, 0.2) is 0 Å². The van der Waals surface area contributed by atoms with Crippen LogP contribution in [0.5, 0.6) is 0 Å². The van der Waals surface area contributed by atoms with Crippen LogP contribution in [0, 0.1) is 5.92 Å². The molecule has 2 amide bonds. The Morgan fingerprint density at radius 3 is 2.72 bits per heavy atom. The van der Waals surface area contributed by atoms with E-state index < -0.39 is 0 Å². The number of pyridine rings is 1. The first-order valence-corrected chi connectivity index (χ1v) is 10.8. The standard InChI is InChI=1S/C21H21Cl2N7O2/c22-15-3-5-18(30-13-24-12-26-30)17(8-15)27-20(31)11-29-7-1-2-14(10-29)21(32)28-19-6-4-16(23)9-25-19/h3-6,8-9,12-14H,1-2,7,10-11H2,(H,27,31)(H,25,28,32). The summed E-state index contributed by atoms with van der Waals surface area (Å²) in [5, 5.41) is 10.8. The number of rotatable bonds is 6. The molecule has 3 aromatic rings. The highest BCUT2D eigenvalue weighted by Gasteiger charge is 2.27. The average molecular weight is 474 g/mol. The van der Waals surface area contributed by atoms with Crippen molar-refractivity contribution in [3.05, 3.63) is 59.2 Å². The summed E-state index contributed by atoms with van der Waals surface area (Å²) in [6.45, 7) is 1.38. The van der Waals surface area contributed by atoms with Crippen molar-refractivity contribution in [1.29, 1.82) is 0 Å². The van der Waals surface area contributed by atoms with Gasteiger partial charge < -0.3 is 10.6 Å². The second-order valence-corrected chi connectivity index (χ2v) is 8.35. The van der Waals surface area contributed by atoms with Crippen molar-refractivity contribution in [2.45, 2.75) is 12.8 Å². The smallest absolute Gasteiger partial charge is 0.238 e. The van der Waals surface area contributed by atoms with Gasteiger partial charge in [0.1, 0.15) is 18.5 Å². The number of carbonyl (C=O) groups is 2. The summed E-state index contributed by atoms with van der Waals surface area (Å²) >= 11 is 12.0. The largest absolute Gasteiger partial charge is 0.323 e. The van der Waals surface area contributed by atoms with Crippen molar-refractivity contribution in [3.63, 3.8) is 0 Å². The zero-order valence-corrected chi connectivity index (χ0v) is 18.6. The van der Waals surface area contributed by atoms with Crippen LogP contribution >= 0.6 is 23.2 Å². The Morgan fingerprint density at radius 1 is 1.12 bits per heavy atom. The molecule has 0 aliphatic carbocycles. The lowest BCUT2D eigenvalue weighted by Crippen LogP contribution is -2.44. The Kier molecular flexibility index (Phi) is 6.99. The van der Waals surface area contributed by atoms with Gasteiger partial charge in [-0.3, -0.25) is 14.5 Å². The highest BCUT2D eigenvalue weighted by atomic mass is 35.5. The molecular formula is C21H21Cl2N7O2. The van der Waals surface area contributed by atoms with E-state index >= 15 is 0 Å². The van der Waals surface area contributed by atoms with E-state index in [4.69, 9.17) is 23.2 Å². The normalized spacial score (nSPS) is 16.5. The first kappa shape index (κ1) is 22.2. The molecule has 9 nitrogen and oxygen atoms in total. The van der Waals surface area contributed by atoms with E-state index in [0.717, 1.165) is 19.4 Å². The van der Waals surface area contributed by atoms with Gasteiger partial charge in [-0.05, 0) is 49.7 Å². The van der Waals surface area contributed by atoms with E-state index in [9.17, 15) is 9.59 Å². The van der Waals surface area contributed by atoms with Crippen molar-refractivity contribution >= 4 is 46.5 Å². The molecule has 4 rings (SSSR count). The van der Waals surface area contributed by atoms with E-state index in [2.05, 4.69) is 25.7 Å². The fourth-order valence-corrected chi connectivity index (χ4v) is 3.91. The summed E-state index contributed by atoms with van der Waals surface area (Å²) in [4.78, 5) is 35.4. The number of nitrogens with one attached hydrogen (secondary N) is 2. The molecule has 1 saturated heterocycles. The van der Waals surface area contributed by atoms with Crippen molar-refractivity contribution in [3.8, 4) is 5.69 Å². The van der Waals surface area contributed by atoms with Crippen LogP contribution in [0.4, 0.5) is 11.5 Å². The number of benzene rings is 1. The number of nitrogens with zero attached hydrogens (tertiary/aromatic N) is 5. The van der Waals surface area contributed by atoms with Crippen molar-refractivity contribution in [2.75, 3.05) is 30.3 Å². The van der Waals surface area contributed by atoms with Crippen molar-refractivity contribution in [2.24, 2.45) is 5.92 Å². The maximum atomic E-state index is 12.7. The highest BCUT2D eigenvalue weighted by molar-refractivity contribution is 6.31. The second kappa shape index (κ2) is 10.1. The Labute approximate surface area is 194 Å². The quantitative estimate of drug-likeness (QED) is 0.569. The van der Waals surface area contributed by atoms with Gasteiger partial charge in [-0.15, -0.1) is 0 Å². The third-order valence-corrected chi connectivity index (χ3v) is 5.58. The number of carbonyl (C=O) groups excluding carboxylic acids is 2. The van der Waals surface area contributed by atoms with Gasteiger partial charge in [-0.1, -0.05) is 23.2 Å². The predicted octanol–water partition coefficient (Wildman–Crippen LogP) is 3.26. The summed E-state index contributed by atoms with van der Waals surface area (Å²) < 4.78 is 1.55. The lowest BCUT2D eigenvalue weighted by Gasteiger charge is -2.31. The molecule has 0 saturated carbocycles. The minimum absolute atomic E-state index is 0.117. The zero-order valence-electron chi connectivity index (χ0n) is 17.0. The van der Waals surface area contributed by atoms with Gasteiger partial charge in [0.05, 0.1) is 28.9 Å². The number of piperidine rings is 1. The molecule has 2 aromatic heterocycles. The number of halogens is 2. The van der Waals surface area contributed by atoms with E-state index in [0.29, 0.717) is 33.8 Å². The molecule has 166 valence electrons. The van der Waals surface area contributed by atoms with Crippen LogP contribution in [0.1, 0.15) is 12.8 Å². The molecule has 2 N–H and O–H groups in total. The maximum absolute atomic E-state index is 12.7. The van der Waals surface area contributed by atoms with Gasteiger partial charge >= 0.3 is 0 Å². The van der Waals surface area contributed by atoms with E-state index in [-0.39, 0.29) is 24.3 Å². The monoisotopic (exact) mass is 473 g/mol. The number of anilines is 2. The van der Waals surface area contributed by atoms with Gasteiger partial charge in [0, 0.05) is 17.8 Å². The third-order valence-electron chi connectivity index (χ3n) is 5.12. The number of hydrogen-bond acceptors (Lipinski definition) is 6. The van der Waals surface area contributed by atoms with Crippen LogP contribution in [0.3, 0.4) is 0 Å². The van der Waals surface area contributed by atoms with Crippen LogP contribution in [0.15, 0.2) is 49.2 Å². The molecule has 1 atom stereocenters. The van der Waals surface area contributed by atoms with Crippen LogP contribution in [-0.2, 0) is 9.59 Å². The van der Waals surface area contributed by atoms with Crippen LogP contribution in [0.2, 0.25) is 10.0 Å². The van der Waals surface area contributed by atoms with Crippen LogP contribution in [-0.4, -0.2) is 56.1 Å². The number of hydrogen-bond donors (Lipinski definition) is 2. The van der Waals surface area contributed by atoms with Crippen LogP contribution in [0.25, 0.3) is 5.69 Å². The van der Waals surface area contributed by atoms with Crippen molar-refractivity contribution in [1.82, 2.24) is 24.6 Å². The Hall–Kier alpha value is -3.01. The summed E-state index contributed by atoms with van der Waals surface area (Å²) in [7, 11) is 0. The molecule has 0 radical (unpaired) electrons. The Balaban J connectivity index is 1.36. The first-order chi connectivity index (χ1) is 15.5. The molecular weight excluding hydrogens is 453 g/mol. The van der Waals surface area contributed by atoms with E-state index in [1.807, 2.05) is 4.90 Å². The van der Waals surface area contributed by atoms with Gasteiger partial charge in [-0.25, -0.2) is 14.6 Å². The highest BCUT2D eigenvalue weighted by Crippen LogP contribution is 2.24. The zero-order chi connectivity index (χ0) is 22.5. The van der Waals surface area contributed by atoms with E-state index in [1.165, 1.54) is 12.5 Å². The fraction of sp³-hybridized carbons (Fsp3) is 0.286. The lowest BCUT2D eigenvalue weighted by atomic mass is 9.97. The van der Waals surface area contributed by atoms with E-state index in [1.54, 1.807) is 41.3 Å². The van der Waals surface area contributed by atoms with Gasteiger partial charge in [0.2, 0.25) is 11.8 Å². The summed E-state index contributed by atoms with van der Waals surface area (Å²) in [5.41, 5.74) is 1.19. The number of amides is 2. The number of aromatic nitrogens is 4. The molecule has 0 spiro atoms. The summed E-state index contributed by atoms with van der Waals surface area (Å²) in [5.74, 6) is -0.0935. The summed E-state index contributed by atoms with van der Waals surface area (Å²) in [6.07, 6.45) is 6.02. The molecule has 1 aromatic carbocycles. The molecule has 1 aliphatic rings. The molecule has 0 bridgehead atoms. The Morgan fingerprint density at radius 2 is 1.97 bits per heavy atom. The maximum Gasteiger partial charge on any atom is 0.238 e. The minimum atomic E-state index is -0.231. The second-order valence-electron chi connectivity index (χ2n) is 7.47. The average Bonchev–Trinajstić information content (AvgIpc) is 3.30. The Bertz CT molecular complexity index is 1090. The topological polar surface area (TPSA) is 105 Å². The third kappa shape index (κ3) is 5.61. The van der Waals surface area contributed by atoms with Crippen LogP contribution < -0.4 is 10.6 Å². The molecule has 1 fully saturated rings. The van der Waals surface area contributed by atoms with Crippen molar-refractivity contribution < 1.29 is 9.59 Å². The molecule has 3 heterocycles.